The average Bonchev–Trinajstić information content (AvgIpc) is 2.87. The smallest absolute Gasteiger partial charge is 0.320 e. The van der Waals surface area contributed by atoms with Crippen molar-refractivity contribution in [2.24, 2.45) is 0 Å². The Kier molecular flexibility index (Phi) is 4.49. The number of carbonyl (C=O) groups is 2. The SMILES string of the molecule is O=C(CN1CCCC1C(=O)O)Nc1ccc([N+](=O)[O-])cc1. The first-order valence-electron chi connectivity index (χ1n) is 6.48. The van der Waals surface area contributed by atoms with Crippen molar-refractivity contribution in [2.45, 2.75) is 18.9 Å². The van der Waals surface area contributed by atoms with Gasteiger partial charge in [0.1, 0.15) is 6.04 Å². The number of carboxylic acid groups (broad SMARTS) is 1. The van der Waals surface area contributed by atoms with Gasteiger partial charge in [0.25, 0.3) is 5.69 Å². The van der Waals surface area contributed by atoms with Crippen LogP contribution in [0.4, 0.5) is 11.4 Å². The lowest BCUT2D eigenvalue weighted by Crippen LogP contribution is -2.40. The fourth-order valence-electron chi connectivity index (χ4n) is 2.35. The largest absolute Gasteiger partial charge is 0.480 e. The van der Waals surface area contributed by atoms with Crippen LogP contribution in [0.1, 0.15) is 12.8 Å². The predicted molar refractivity (Wildman–Crippen MR) is 74.0 cm³/mol. The van der Waals surface area contributed by atoms with Crippen molar-refractivity contribution in [1.29, 1.82) is 0 Å². The van der Waals surface area contributed by atoms with Gasteiger partial charge < -0.3 is 10.4 Å². The van der Waals surface area contributed by atoms with Crippen LogP contribution in [0, 0.1) is 10.1 Å². The molecule has 2 rings (SSSR count). The van der Waals surface area contributed by atoms with E-state index in [1.165, 1.54) is 24.3 Å². The number of benzene rings is 1. The summed E-state index contributed by atoms with van der Waals surface area (Å²) in [6, 6.07) is 4.85. The second kappa shape index (κ2) is 6.31. The van der Waals surface area contributed by atoms with Gasteiger partial charge in [0.2, 0.25) is 5.91 Å². The van der Waals surface area contributed by atoms with Crippen molar-refractivity contribution in [3.63, 3.8) is 0 Å². The molecule has 1 aliphatic rings. The number of nitro benzene ring substituents is 1. The topological polar surface area (TPSA) is 113 Å². The molecule has 1 heterocycles. The molecule has 1 aliphatic heterocycles. The first-order chi connectivity index (χ1) is 9.97. The summed E-state index contributed by atoms with van der Waals surface area (Å²) in [5, 5.41) is 22.2. The molecular weight excluding hydrogens is 278 g/mol. The summed E-state index contributed by atoms with van der Waals surface area (Å²) in [6.07, 6.45) is 1.29. The molecule has 112 valence electrons. The predicted octanol–water partition coefficient (Wildman–Crippen LogP) is 1.08. The second-order valence-corrected chi connectivity index (χ2v) is 4.82. The van der Waals surface area contributed by atoms with E-state index >= 15 is 0 Å². The van der Waals surface area contributed by atoms with E-state index in [1.807, 2.05) is 0 Å². The van der Waals surface area contributed by atoms with Gasteiger partial charge >= 0.3 is 5.97 Å². The summed E-state index contributed by atoms with van der Waals surface area (Å²) in [6.45, 7) is 0.568. The van der Waals surface area contributed by atoms with Crippen LogP contribution in [0.5, 0.6) is 0 Å². The van der Waals surface area contributed by atoms with E-state index in [0.29, 0.717) is 18.7 Å². The zero-order valence-corrected chi connectivity index (χ0v) is 11.2. The van der Waals surface area contributed by atoms with Gasteiger partial charge in [-0.05, 0) is 31.5 Å². The lowest BCUT2D eigenvalue weighted by atomic mass is 10.2. The van der Waals surface area contributed by atoms with Gasteiger partial charge in [-0.1, -0.05) is 0 Å². The third-order valence-electron chi connectivity index (χ3n) is 3.36. The first kappa shape index (κ1) is 14.9. The maximum Gasteiger partial charge on any atom is 0.320 e. The van der Waals surface area contributed by atoms with Crippen molar-refractivity contribution >= 4 is 23.3 Å². The molecule has 2 N–H and O–H groups in total. The summed E-state index contributed by atoms with van der Waals surface area (Å²) in [4.78, 5) is 34.5. The normalized spacial score (nSPS) is 18.4. The summed E-state index contributed by atoms with van der Waals surface area (Å²) in [5.74, 6) is -1.26. The molecule has 21 heavy (non-hydrogen) atoms. The standard InChI is InChI=1S/C13H15N3O5/c17-12(8-15-7-1-2-11(15)13(18)19)14-9-3-5-10(6-4-9)16(20)21/h3-6,11H,1-2,7-8H2,(H,14,17)(H,18,19). The Morgan fingerprint density at radius 2 is 2.05 bits per heavy atom. The van der Waals surface area contributed by atoms with Gasteiger partial charge in [-0.25, -0.2) is 0 Å². The van der Waals surface area contributed by atoms with E-state index in [0.717, 1.165) is 6.42 Å². The molecule has 0 aromatic heterocycles. The van der Waals surface area contributed by atoms with E-state index in [2.05, 4.69) is 5.32 Å². The first-order valence-corrected chi connectivity index (χ1v) is 6.48. The number of aliphatic carboxylic acids is 1. The number of likely N-dealkylation sites (tertiary alicyclic amines) is 1. The Hall–Kier alpha value is -2.48. The van der Waals surface area contributed by atoms with E-state index < -0.39 is 16.9 Å². The third-order valence-corrected chi connectivity index (χ3v) is 3.36. The van der Waals surface area contributed by atoms with Crippen LogP contribution >= 0.6 is 0 Å². The molecular formula is C13H15N3O5. The lowest BCUT2D eigenvalue weighted by Gasteiger charge is -2.20. The third kappa shape index (κ3) is 3.76. The zero-order valence-electron chi connectivity index (χ0n) is 11.2. The fraction of sp³-hybridized carbons (Fsp3) is 0.385. The highest BCUT2D eigenvalue weighted by Crippen LogP contribution is 2.18. The Labute approximate surface area is 120 Å². The maximum absolute atomic E-state index is 11.9. The van der Waals surface area contributed by atoms with Crippen LogP contribution in [0.2, 0.25) is 0 Å². The molecule has 1 saturated heterocycles. The van der Waals surface area contributed by atoms with Crippen LogP contribution in [0.15, 0.2) is 24.3 Å². The summed E-state index contributed by atoms with van der Waals surface area (Å²) >= 11 is 0. The van der Waals surface area contributed by atoms with E-state index in [9.17, 15) is 19.7 Å². The molecule has 1 amide bonds. The van der Waals surface area contributed by atoms with Crippen molar-refractivity contribution in [3.8, 4) is 0 Å². The average molecular weight is 293 g/mol. The summed E-state index contributed by atoms with van der Waals surface area (Å²) < 4.78 is 0. The number of hydrogen-bond acceptors (Lipinski definition) is 5. The molecule has 8 heteroatoms. The van der Waals surface area contributed by atoms with Gasteiger partial charge in [-0.15, -0.1) is 0 Å². The van der Waals surface area contributed by atoms with Crippen molar-refractivity contribution in [1.82, 2.24) is 4.90 Å². The highest BCUT2D eigenvalue weighted by atomic mass is 16.6. The molecule has 8 nitrogen and oxygen atoms in total. The van der Waals surface area contributed by atoms with Crippen LogP contribution in [-0.4, -0.2) is 45.9 Å². The van der Waals surface area contributed by atoms with Gasteiger partial charge in [0.05, 0.1) is 11.5 Å². The quantitative estimate of drug-likeness (QED) is 0.620. The zero-order chi connectivity index (χ0) is 15.4. The second-order valence-electron chi connectivity index (χ2n) is 4.82. The maximum atomic E-state index is 11.9. The number of nitrogens with zero attached hydrogens (tertiary/aromatic N) is 2. The van der Waals surface area contributed by atoms with Gasteiger partial charge in [-0.2, -0.15) is 0 Å². The molecule has 1 aromatic rings. The van der Waals surface area contributed by atoms with Crippen LogP contribution in [0.3, 0.4) is 0 Å². The number of carboxylic acids is 1. The van der Waals surface area contributed by atoms with Crippen molar-refractivity contribution < 1.29 is 19.6 Å². The number of carbonyl (C=O) groups excluding carboxylic acids is 1. The Balaban J connectivity index is 1.92. The van der Waals surface area contributed by atoms with Crippen molar-refractivity contribution in [2.75, 3.05) is 18.4 Å². The lowest BCUT2D eigenvalue weighted by molar-refractivity contribution is -0.384. The van der Waals surface area contributed by atoms with Crippen LogP contribution in [0.25, 0.3) is 0 Å². The molecule has 1 aromatic carbocycles. The number of hydrogen-bond donors (Lipinski definition) is 2. The minimum atomic E-state index is -0.921. The molecule has 1 atom stereocenters. The molecule has 1 fully saturated rings. The molecule has 0 radical (unpaired) electrons. The Morgan fingerprint density at radius 3 is 2.62 bits per heavy atom. The number of rotatable bonds is 5. The molecule has 0 spiro atoms. The van der Waals surface area contributed by atoms with E-state index in [4.69, 9.17) is 5.11 Å². The Bertz CT molecular complexity index is 557. The minimum Gasteiger partial charge on any atom is -0.480 e. The molecule has 0 saturated carbocycles. The highest BCUT2D eigenvalue weighted by molar-refractivity contribution is 5.92. The summed E-state index contributed by atoms with van der Waals surface area (Å²) in [5.41, 5.74) is 0.384. The Morgan fingerprint density at radius 1 is 1.38 bits per heavy atom. The number of nitro groups is 1. The fourth-order valence-corrected chi connectivity index (χ4v) is 2.35. The van der Waals surface area contributed by atoms with Gasteiger partial charge in [0.15, 0.2) is 0 Å². The van der Waals surface area contributed by atoms with Gasteiger partial charge in [-0.3, -0.25) is 24.6 Å². The number of nitrogens with one attached hydrogen (secondary N) is 1. The molecule has 0 aliphatic carbocycles. The number of amides is 1. The van der Waals surface area contributed by atoms with E-state index in [-0.39, 0.29) is 18.1 Å². The molecule has 0 bridgehead atoms. The van der Waals surface area contributed by atoms with Gasteiger partial charge in [0, 0.05) is 17.8 Å². The minimum absolute atomic E-state index is 0.00600. The number of non-ortho nitro benzene ring substituents is 1. The van der Waals surface area contributed by atoms with Crippen LogP contribution in [-0.2, 0) is 9.59 Å². The monoisotopic (exact) mass is 293 g/mol. The highest BCUT2D eigenvalue weighted by Gasteiger charge is 2.31. The van der Waals surface area contributed by atoms with Crippen LogP contribution < -0.4 is 5.32 Å². The summed E-state index contributed by atoms with van der Waals surface area (Å²) in [7, 11) is 0. The molecule has 1 unspecified atom stereocenters. The van der Waals surface area contributed by atoms with E-state index in [1.54, 1.807) is 4.90 Å². The number of anilines is 1. The van der Waals surface area contributed by atoms with Crippen molar-refractivity contribution in [3.05, 3.63) is 34.4 Å².